The summed E-state index contributed by atoms with van der Waals surface area (Å²) < 4.78 is 5.91. The maximum absolute atomic E-state index is 11.6. The zero-order valence-electron chi connectivity index (χ0n) is 13.1. The van der Waals surface area contributed by atoms with Crippen LogP contribution in [0.25, 0.3) is 0 Å². The summed E-state index contributed by atoms with van der Waals surface area (Å²) in [6.07, 6.45) is 0.883. The second kappa shape index (κ2) is 8.34. The summed E-state index contributed by atoms with van der Waals surface area (Å²) in [5.74, 6) is 0.826. The minimum atomic E-state index is -0.673. The Morgan fingerprint density at radius 2 is 1.74 bits per heavy atom. The number of carbonyl (C=O) groups is 1. The molecule has 0 atom stereocenters. The van der Waals surface area contributed by atoms with Crippen LogP contribution in [0.4, 0.5) is 0 Å². The van der Waals surface area contributed by atoms with Crippen LogP contribution in [-0.4, -0.2) is 18.1 Å². The quantitative estimate of drug-likeness (QED) is 0.438. The third kappa shape index (κ3) is 4.33. The van der Waals surface area contributed by atoms with Gasteiger partial charge in [-0.3, -0.25) is 4.79 Å². The minimum absolute atomic E-state index is 0.0668. The molecule has 0 saturated carbocycles. The standard InChI is InChI=1S/C18H18ClNO3/c1-3-13-8-5-7-11-16(13)23-12-14-9-4-6-10-15(14)17(18(19)21)20-22-2/h4-11H,3,12H2,1-2H3. The Morgan fingerprint density at radius 3 is 2.39 bits per heavy atom. The first-order valence-electron chi connectivity index (χ1n) is 7.27. The van der Waals surface area contributed by atoms with Gasteiger partial charge in [0.1, 0.15) is 19.5 Å². The van der Waals surface area contributed by atoms with Gasteiger partial charge < -0.3 is 9.57 Å². The second-order valence-corrected chi connectivity index (χ2v) is 5.15. The first-order chi connectivity index (χ1) is 11.2. The van der Waals surface area contributed by atoms with E-state index in [-0.39, 0.29) is 5.71 Å². The Balaban J connectivity index is 2.27. The van der Waals surface area contributed by atoms with E-state index in [2.05, 4.69) is 12.1 Å². The molecular weight excluding hydrogens is 314 g/mol. The van der Waals surface area contributed by atoms with Crippen molar-refractivity contribution in [3.05, 3.63) is 65.2 Å². The number of hydrogen-bond acceptors (Lipinski definition) is 4. The summed E-state index contributed by atoms with van der Waals surface area (Å²) >= 11 is 5.60. The Hall–Kier alpha value is -2.33. The maximum Gasteiger partial charge on any atom is 0.274 e. The van der Waals surface area contributed by atoms with Gasteiger partial charge in [0, 0.05) is 5.56 Å². The van der Waals surface area contributed by atoms with Crippen LogP contribution in [0.3, 0.4) is 0 Å². The van der Waals surface area contributed by atoms with Gasteiger partial charge in [-0.25, -0.2) is 0 Å². The number of carbonyl (C=O) groups excluding carboxylic acids is 1. The van der Waals surface area contributed by atoms with E-state index in [1.165, 1.54) is 7.11 Å². The summed E-state index contributed by atoms with van der Waals surface area (Å²) in [4.78, 5) is 16.3. The highest BCUT2D eigenvalue weighted by atomic mass is 35.5. The van der Waals surface area contributed by atoms with Gasteiger partial charge in [-0.15, -0.1) is 0 Å². The number of oxime groups is 1. The van der Waals surface area contributed by atoms with Crippen LogP contribution >= 0.6 is 11.6 Å². The molecule has 2 aromatic rings. The van der Waals surface area contributed by atoms with Crippen LogP contribution in [0.2, 0.25) is 0 Å². The highest BCUT2D eigenvalue weighted by Gasteiger charge is 2.16. The van der Waals surface area contributed by atoms with Gasteiger partial charge in [0.05, 0.1) is 0 Å². The molecule has 0 aromatic heterocycles. The minimum Gasteiger partial charge on any atom is -0.489 e. The fraction of sp³-hybridized carbons (Fsp3) is 0.222. The Labute approximate surface area is 140 Å². The van der Waals surface area contributed by atoms with Gasteiger partial charge in [0.25, 0.3) is 5.24 Å². The molecule has 0 saturated heterocycles. The number of para-hydroxylation sites is 1. The van der Waals surface area contributed by atoms with Crippen LogP contribution in [0.1, 0.15) is 23.6 Å². The van der Waals surface area contributed by atoms with E-state index < -0.39 is 5.24 Å². The first kappa shape index (κ1) is 17.0. The SMILES string of the molecule is CCc1ccccc1OCc1ccccc1C(=NOC)C(=O)Cl. The third-order valence-electron chi connectivity index (χ3n) is 3.38. The third-order valence-corrected chi connectivity index (χ3v) is 3.56. The molecule has 0 aliphatic rings. The zero-order valence-corrected chi connectivity index (χ0v) is 13.8. The average molecular weight is 332 g/mol. The highest BCUT2D eigenvalue weighted by Crippen LogP contribution is 2.21. The molecule has 5 heteroatoms. The van der Waals surface area contributed by atoms with Crippen LogP contribution in [0.15, 0.2) is 53.7 Å². The maximum atomic E-state index is 11.6. The number of aryl methyl sites for hydroxylation is 1. The second-order valence-electron chi connectivity index (χ2n) is 4.80. The summed E-state index contributed by atoms with van der Waals surface area (Å²) in [6.45, 7) is 2.38. The van der Waals surface area contributed by atoms with E-state index in [4.69, 9.17) is 21.2 Å². The van der Waals surface area contributed by atoms with Gasteiger partial charge in [-0.2, -0.15) is 0 Å². The topological polar surface area (TPSA) is 47.9 Å². The number of hydrogen-bond donors (Lipinski definition) is 0. The molecule has 0 amide bonds. The average Bonchev–Trinajstić information content (AvgIpc) is 2.58. The van der Waals surface area contributed by atoms with Gasteiger partial charge in [-0.05, 0) is 35.2 Å². The molecule has 0 radical (unpaired) electrons. The number of benzene rings is 2. The summed E-state index contributed by atoms with van der Waals surface area (Å²) in [6, 6.07) is 15.2. The summed E-state index contributed by atoms with van der Waals surface area (Å²) in [5, 5.41) is 3.05. The van der Waals surface area contributed by atoms with Crippen molar-refractivity contribution in [1.29, 1.82) is 0 Å². The molecule has 0 aliphatic carbocycles. The molecule has 2 rings (SSSR count). The number of nitrogens with zero attached hydrogens (tertiary/aromatic N) is 1. The van der Waals surface area contributed by atoms with E-state index in [1.807, 2.05) is 42.5 Å². The lowest BCUT2D eigenvalue weighted by atomic mass is 10.0. The molecule has 23 heavy (non-hydrogen) atoms. The Bertz CT molecular complexity index is 713. The normalized spacial score (nSPS) is 11.2. The van der Waals surface area contributed by atoms with E-state index in [0.29, 0.717) is 12.2 Å². The predicted octanol–water partition coefficient (Wildman–Crippen LogP) is 3.94. The van der Waals surface area contributed by atoms with E-state index in [9.17, 15) is 4.79 Å². The van der Waals surface area contributed by atoms with Crippen molar-refractivity contribution in [3.63, 3.8) is 0 Å². The van der Waals surface area contributed by atoms with E-state index >= 15 is 0 Å². The van der Waals surface area contributed by atoms with Gasteiger partial charge in [0.15, 0.2) is 5.71 Å². The molecule has 0 fully saturated rings. The van der Waals surface area contributed by atoms with Crippen molar-refractivity contribution in [3.8, 4) is 5.75 Å². The molecule has 0 spiro atoms. The lowest BCUT2D eigenvalue weighted by molar-refractivity contribution is -0.106. The molecular formula is C18H18ClNO3. The van der Waals surface area contributed by atoms with Crippen molar-refractivity contribution in [2.45, 2.75) is 20.0 Å². The van der Waals surface area contributed by atoms with Crippen LogP contribution < -0.4 is 4.74 Å². The van der Waals surface area contributed by atoms with Crippen molar-refractivity contribution >= 4 is 22.6 Å². The van der Waals surface area contributed by atoms with Crippen molar-refractivity contribution in [1.82, 2.24) is 0 Å². The monoisotopic (exact) mass is 331 g/mol. The summed E-state index contributed by atoms with van der Waals surface area (Å²) in [5.41, 5.74) is 2.60. The van der Waals surface area contributed by atoms with Crippen LogP contribution in [0, 0.1) is 0 Å². The molecule has 120 valence electrons. The molecule has 0 aliphatic heterocycles. The van der Waals surface area contributed by atoms with E-state index in [0.717, 1.165) is 23.3 Å². The molecule has 0 unspecified atom stereocenters. The molecule has 4 nitrogen and oxygen atoms in total. The first-order valence-corrected chi connectivity index (χ1v) is 7.65. The van der Waals surface area contributed by atoms with Gasteiger partial charge >= 0.3 is 0 Å². The zero-order chi connectivity index (χ0) is 16.7. The van der Waals surface area contributed by atoms with Crippen LogP contribution in [-0.2, 0) is 22.7 Å². The fourth-order valence-electron chi connectivity index (χ4n) is 2.25. The fourth-order valence-corrected chi connectivity index (χ4v) is 2.39. The molecule has 2 aromatic carbocycles. The number of rotatable bonds is 7. The number of halogens is 1. The molecule has 0 N–H and O–H groups in total. The Morgan fingerprint density at radius 1 is 1.09 bits per heavy atom. The predicted molar refractivity (Wildman–Crippen MR) is 91.0 cm³/mol. The smallest absolute Gasteiger partial charge is 0.274 e. The van der Waals surface area contributed by atoms with E-state index in [1.54, 1.807) is 6.07 Å². The van der Waals surface area contributed by atoms with Crippen LogP contribution in [0.5, 0.6) is 5.75 Å². The van der Waals surface area contributed by atoms with Gasteiger partial charge in [0.2, 0.25) is 0 Å². The number of ether oxygens (including phenoxy) is 1. The largest absolute Gasteiger partial charge is 0.489 e. The Kier molecular flexibility index (Phi) is 6.18. The highest BCUT2D eigenvalue weighted by molar-refractivity contribution is 6.84. The van der Waals surface area contributed by atoms with Crippen molar-refractivity contribution < 1.29 is 14.4 Å². The molecule has 0 bridgehead atoms. The van der Waals surface area contributed by atoms with Crippen molar-refractivity contribution in [2.24, 2.45) is 5.16 Å². The van der Waals surface area contributed by atoms with Gasteiger partial charge in [-0.1, -0.05) is 54.5 Å². The summed E-state index contributed by atoms with van der Waals surface area (Å²) in [7, 11) is 1.37. The lowest BCUT2D eigenvalue weighted by Gasteiger charge is -2.13. The van der Waals surface area contributed by atoms with Crippen molar-refractivity contribution in [2.75, 3.05) is 7.11 Å². The lowest BCUT2D eigenvalue weighted by Crippen LogP contribution is -2.14. The molecule has 0 heterocycles.